The first-order valence-corrected chi connectivity index (χ1v) is 9.73. The van der Waals surface area contributed by atoms with Gasteiger partial charge in [0.25, 0.3) is 0 Å². The van der Waals surface area contributed by atoms with E-state index in [4.69, 9.17) is 11.5 Å². The molecule has 1 unspecified atom stereocenters. The van der Waals surface area contributed by atoms with Crippen molar-refractivity contribution in [1.82, 2.24) is 4.98 Å². The Hall–Kier alpha value is -2.35. The van der Waals surface area contributed by atoms with Gasteiger partial charge in [-0.05, 0) is 68.3 Å². The molecule has 5 N–H and O–H groups in total. The number of nitrogens with two attached hydrogens (primary N) is 2. The lowest BCUT2D eigenvalue weighted by Crippen LogP contribution is -2.35. The van der Waals surface area contributed by atoms with Gasteiger partial charge in [0, 0.05) is 11.3 Å². The Balaban J connectivity index is 1.74. The minimum absolute atomic E-state index is 0.196. The van der Waals surface area contributed by atoms with Crippen LogP contribution in [0.3, 0.4) is 0 Å². The van der Waals surface area contributed by atoms with Gasteiger partial charge in [-0.15, -0.1) is 11.3 Å². The molecule has 2 aromatic carbocycles. The second-order valence-corrected chi connectivity index (χ2v) is 7.57. The summed E-state index contributed by atoms with van der Waals surface area (Å²) in [6.45, 7) is 2.53. The van der Waals surface area contributed by atoms with Gasteiger partial charge in [0.15, 0.2) is 0 Å². The van der Waals surface area contributed by atoms with Crippen LogP contribution in [0.4, 0.5) is 10.1 Å². The van der Waals surface area contributed by atoms with Crippen molar-refractivity contribution in [2.24, 2.45) is 11.5 Å². The number of aryl methyl sites for hydroxylation is 1. The van der Waals surface area contributed by atoms with E-state index in [0.29, 0.717) is 13.0 Å². The zero-order chi connectivity index (χ0) is 19.4. The number of aromatic nitrogens is 1. The molecule has 142 valence electrons. The van der Waals surface area contributed by atoms with Gasteiger partial charge in [-0.1, -0.05) is 6.42 Å². The van der Waals surface area contributed by atoms with E-state index >= 15 is 0 Å². The van der Waals surface area contributed by atoms with Gasteiger partial charge in [0.05, 0.1) is 16.3 Å². The number of hydrogen-bond acceptors (Lipinski definition) is 5. The maximum Gasteiger partial charge on any atom is 0.241 e. The third kappa shape index (κ3) is 4.68. The van der Waals surface area contributed by atoms with E-state index in [2.05, 4.69) is 10.3 Å². The van der Waals surface area contributed by atoms with Gasteiger partial charge in [-0.25, -0.2) is 9.37 Å². The Kier molecular flexibility index (Phi) is 6.15. The fraction of sp³-hybridized carbons (Fsp3) is 0.300. The quantitative estimate of drug-likeness (QED) is 0.538. The molecule has 0 aliphatic rings. The fourth-order valence-corrected chi connectivity index (χ4v) is 3.81. The molecule has 0 radical (unpaired) electrons. The zero-order valence-electron chi connectivity index (χ0n) is 15.2. The van der Waals surface area contributed by atoms with Crippen LogP contribution in [0.1, 0.15) is 24.8 Å². The van der Waals surface area contributed by atoms with Crippen molar-refractivity contribution in [2.75, 3.05) is 11.9 Å². The van der Waals surface area contributed by atoms with E-state index in [1.807, 2.05) is 25.1 Å². The number of carbonyl (C=O) groups excluding carboxylic acids is 1. The first-order chi connectivity index (χ1) is 13.0. The summed E-state index contributed by atoms with van der Waals surface area (Å²) >= 11 is 1.44. The Morgan fingerprint density at radius 2 is 2.07 bits per heavy atom. The highest BCUT2D eigenvalue weighted by molar-refractivity contribution is 7.21. The Morgan fingerprint density at radius 1 is 1.26 bits per heavy atom. The smallest absolute Gasteiger partial charge is 0.241 e. The number of nitrogens with zero attached hydrogens (tertiary/aromatic N) is 1. The van der Waals surface area contributed by atoms with Crippen molar-refractivity contribution in [3.63, 3.8) is 0 Å². The number of halogens is 1. The summed E-state index contributed by atoms with van der Waals surface area (Å²) in [7, 11) is 0. The Labute approximate surface area is 161 Å². The van der Waals surface area contributed by atoms with Crippen LogP contribution in [0.5, 0.6) is 0 Å². The van der Waals surface area contributed by atoms with Crippen LogP contribution in [-0.4, -0.2) is 23.5 Å². The average Bonchev–Trinajstić information content (AvgIpc) is 3.06. The average molecular weight is 386 g/mol. The first-order valence-electron chi connectivity index (χ1n) is 8.91. The molecule has 27 heavy (non-hydrogen) atoms. The SMILES string of the molecule is Cc1cc(-c2nc3ccc(F)cc3s2)ccc1NC(=O)C(N)CCCCN. The van der Waals surface area contributed by atoms with E-state index < -0.39 is 6.04 Å². The molecule has 0 fully saturated rings. The third-order valence-electron chi connectivity index (χ3n) is 4.39. The Morgan fingerprint density at radius 3 is 2.81 bits per heavy atom. The molecule has 7 heteroatoms. The number of thiazole rings is 1. The van der Waals surface area contributed by atoms with Crippen molar-refractivity contribution < 1.29 is 9.18 Å². The van der Waals surface area contributed by atoms with Gasteiger partial charge in [-0.2, -0.15) is 0 Å². The van der Waals surface area contributed by atoms with Crippen LogP contribution in [0.2, 0.25) is 0 Å². The molecular formula is C20H23FN4OS. The summed E-state index contributed by atoms with van der Waals surface area (Å²) in [4.78, 5) is 16.8. The number of unbranched alkanes of at least 4 members (excludes halogenated alkanes) is 1. The van der Waals surface area contributed by atoms with Gasteiger partial charge < -0.3 is 16.8 Å². The molecule has 1 heterocycles. The van der Waals surface area contributed by atoms with Crippen LogP contribution >= 0.6 is 11.3 Å². The number of benzene rings is 2. The molecule has 0 aliphatic carbocycles. The minimum Gasteiger partial charge on any atom is -0.330 e. The molecule has 3 aromatic rings. The van der Waals surface area contributed by atoms with Crippen molar-refractivity contribution in [2.45, 2.75) is 32.2 Å². The third-order valence-corrected chi connectivity index (χ3v) is 5.45. The zero-order valence-corrected chi connectivity index (χ0v) is 16.0. The van der Waals surface area contributed by atoms with Crippen molar-refractivity contribution in [3.05, 3.63) is 47.8 Å². The maximum absolute atomic E-state index is 13.4. The van der Waals surface area contributed by atoms with E-state index in [1.165, 1.54) is 23.5 Å². The number of rotatable bonds is 7. The topological polar surface area (TPSA) is 94.0 Å². The van der Waals surface area contributed by atoms with Crippen LogP contribution in [0.15, 0.2) is 36.4 Å². The molecule has 1 aromatic heterocycles. The van der Waals surface area contributed by atoms with Crippen molar-refractivity contribution in [1.29, 1.82) is 0 Å². The number of hydrogen-bond donors (Lipinski definition) is 3. The molecule has 3 rings (SSSR count). The van der Waals surface area contributed by atoms with Crippen LogP contribution in [-0.2, 0) is 4.79 Å². The number of amides is 1. The molecule has 0 saturated carbocycles. The van der Waals surface area contributed by atoms with Gasteiger partial charge in [-0.3, -0.25) is 4.79 Å². The summed E-state index contributed by atoms with van der Waals surface area (Å²) < 4.78 is 14.2. The summed E-state index contributed by atoms with van der Waals surface area (Å²) in [5.74, 6) is -0.465. The van der Waals surface area contributed by atoms with Crippen LogP contribution in [0.25, 0.3) is 20.8 Å². The predicted molar refractivity (Wildman–Crippen MR) is 109 cm³/mol. The molecule has 1 atom stereocenters. The Bertz CT molecular complexity index is 956. The van der Waals surface area contributed by atoms with E-state index in [0.717, 1.165) is 44.9 Å². The van der Waals surface area contributed by atoms with Crippen LogP contribution < -0.4 is 16.8 Å². The number of anilines is 1. The highest BCUT2D eigenvalue weighted by atomic mass is 32.1. The lowest BCUT2D eigenvalue weighted by Gasteiger charge is -2.14. The van der Waals surface area contributed by atoms with Gasteiger partial charge in [0.2, 0.25) is 5.91 Å². The highest BCUT2D eigenvalue weighted by Crippen LogP contribution is 2.32. The van der Waals surface area contributed by atoms with Crippen LogP contribution in [0, 0.1) is 12.7 Å². The monoisotopic (exact) mass is 386 g/mol. The van der Waals surface area contributed by atoms with Gasteiger partial charge >= 0.3 is 0 Å². The predicted octanol–water partition coefficient (Wildman–Crippen LogP) is 3.81. The second-order valence-electron chi connectivity index (χ2n) is 6.54. The van der Waals surface area contributed by atoms with Crippen molar-refractivity contribution in [3.8, 4) is 10.6 Å². The standard InChI is InChI=1S/C20H23FN4OS/c1-12-10-13(20-25-17-8-6-14(21)11-18(17)27-20)5-7-16(12)24-19(26)15(23)4-2-3-9-22/h5-8,10-11,15H,2-4,9,22-23H2,1H3,(H,24,26). The lowest BCUT2D eigenvalue weighted by molar-refractivity contribution is -0.117. The highest BCUT2D eigenvalue weighted by Gasteiger charge is 2.15. The fourth-order valence-electron chi connectivity index (χ4n) is 2.82. The summed E-state index contributed by atoms with van der Waals surface area (Å²) in [5.41, 5.74) is 14.8. The number of fused-ring (bicyclic) bond motifs is 1. The lowest BCUT2D eigenvalue weighted by atomic mass is 10.1. The molecule has 0 saturated heterocycles. The number of carbonyl (C=O) groups is 1. The van der Waals surface area contributed by atoms with Gasteiger partial charge in [0.1, 0.15) is 10.8 Å². The normalized spacial score (nSPS) is 12.3. The van der Waals surface area contributed by atoms with E-state index in [9.17, 15) is 9.18 Å². The van der Waals surface area contributed by atoms with E-state index in [1.54, 1.807) is 6.07 Å². The largest absolute Gasteiger partial charge is 0.330 e. The number of nitrogens with one attached hydrogen (secondary N) is 1. The van der Waals surface area contributed by atoms with Crippen molar-refractivity contribution >= 4 is 33.1 Å². The van der Waals surface area contributed by atoms with E-state index in [-0.39, 0.29) is 11.7 Å². The first kappa shape index (κ1) is 19.4. The maximum atomic E-state index is 13.4. The molecular weight excluding hydrogens is 363 g/mol. The molecule has 0 aliphatic heterocycles. The second kappa shape index (κ2) is 8.56. The molecule has 5 nitrogen and oxygen atoms in total. The minimum atomic E-state index is -0.546. The summed E-state index contributed by atoms with van der Waals surface area (Å²) in [5, 5.41) is 3.70. The summed E-state index contributed by atoms with van der Waals surface area (Å²) in [6, 6.07) is 9.74. The molecule has 1 amide bonds. The summed E-state index contributed by atoms with van der Waals surface area (Å²) in [6.07, 6.45) is 2.31. The molecule has 0 spiro atoms. The molecule has 0 bridgehead atoms.